The smallest absolute Gasteiger partial charge is 0.324 e. The Balaban J connectivity index is 1.65. The van der Waals surface area contributed by atoms with Gasteiger partial charge in [0.2, 0.25) is 11.8 Å². The Bertz CT molecular complexity index is 1120. The van der Waals surface area contributed by atoms with E-state index in [0.717, 1.165) is 17.2 Å². The zero-order chi connectivity index (χ0) is 24.0. The molecule has 1 atom stereocenters. The molecule has 0 radical (unpaired) electrons. The molecule has 8 heteroatoms. The van der Waals surface area contributed by atoms with Crippen LogP contribution in [0.25, 0.3) is 11.1 Å². The second-order valence-electron chi connectivity index (χ2n) is 7.58. The Morgan fingerprint density at radius 3 is 2.09 bits per heavy atom. The Morgan fingerprint density at radius 2 is 1.42 bits per heavy atom. The van der Waals surface area contributed by atoms with Crippen molar-refractivity contribution in [1.29, 1.82) is 0 Å². The number of hydrogen-bond acceptors (Lipinski definition) is 3. The third-order valence-electron chi connectivity index (χ3n) is 5.21. The maximum absolute atomic E-state index is 13.1. The number of nitrogens with one attached hydrogen (secondary N) is 2. The van der Waals surface area contributed by atoms with Crippen LogP contribution in [-0.2, 0) is 15.8 Å². The van der Waals surface area contributed by atoms with Gasteiger partial charge in [0.05, 0.1) is 23.8 Å². The number of anilines is 2. The lowest BCUT2D eigenvalue weighted by Gasteiger charge is -2.24. The molecular weight excluding hydrogens is 431 g/mol. The van der Waals surface area contributed by atoms with E-state index in [2.05, 4.69) is 10.6 Å². The van der Waals surface area contributed by atoms with Crippen LogP contribution in [0.15, 0.2) is 78.9 Å². The van der Waals surface area contributed by atoms with Gasteiger partial charge in [0, 0.05) is 11.3 Å². The standard InChI is InChI=1S/C25H24F3N3O2/c1-17(24(33)30-21-14-8-6-12-19(21)18-10-4-3-5-11-18)31(2)16-23(32)29-22-15-9-7-13-20(22)25(26,27)28/h3-15,17H,16H2,1-2H3,(H,29,32)(H,30,33). The zero-order valence-corrected chi connectivity index (χ0v) is 18.2. The van der Waals surface area contributed by atoms with E-state index in [1.165, 1.54) is 23.1 Å². The predicted octanol–water partition coefficient (Wildman–Crippen LogP) is 5.27. The average molecular weight is 455 g/mol. The summed E-state index contributed by atoms with van der Waals surface area (Å²) < 4.78 is 39.4. The van der Waals surface area contributed by atoms with Crippen LogP contribution < -0.4 is 10.6 Å². The van der Waals surface area contributed by atoms with Crippen LogP contribution in [0.1, 0.15) is 12.5 Å². The van der Waals surface area contributed by atoms with E-state index in [-0.39, 0.29) is 18.1 Å². The molecule has 33 heavy (non-hydrogen) atoms. The molecule has 0 saturated heterocycles. The lowest BCUT2D eigenvalue weighted by atomic mass is 10.0. The predicted molar refractivity (Wildman–Crippen MR) is 123 cm³/mol. The zero-order valence-electron chi connectivity index (χ0n) is 18.2. The minimum Gasteiger partial charge on any atom is -0.324 e. The number of halogens is 3. The van der Waals surface area contributed by atoms with Crippen LogP contribution in [-0.4, -0.2) is 36.3 Å². The highest BCUT2D eigenvalue weighted by atomic mass is 19.4. The molecule has 0 bridgehead atoms. The first kappa shape index (κ1) is 24.0. The molecule has 0 spiro atoms. The number of nitrogens with zero attached hydrogens (tertiary/aromatic N) is 1. The van der Waals surface area contributed by atoms with Crippen molar-refractivity contribution in [3.8, 4) is 11.1 Å². The third-order valence-corrected chi connectivity index (χ3v) is 5.21. The van der Waals surface area contributed by atoms with Gasteiger partial charge >= 0.3 is 6.18 Å². The number of para-hydroxylation sites is 2. The molecule has 0 fully saturated rings. The molecule has 3 aromatic rings. The van der Waals surface area contributed by atoms with Gasteiger partial charge in [0.25, 0.3) is 0 Å². The number of hydrogen-bond donors (Lipinski definition) is 2. The van der Waals surface area contributed by atoms with Gasteiger partial charge in [-0.3, -0.25) is 14.5 Å². The largest absolute Gasteiger partial charge is 0.418 e. The van der Waals surface area contributed by atoms with E-state index in [4.69, 9.17) is 0 Å². The van der Waals surface area contributed by atoms with Gasteiger partial charge in [0.1, 0.15) is 0 Å². The van der Waals surface area contributed by atoms with Crippen LogP contribution >= 0.6 is 0 Å². The summed E-state index contributed by atoms with van der Waals surface area (Å²) >= 11 is 0. The van der Waals surface area contributed by atoms with Gasteiger partial charge in [-0.1, -0.05) is 60.7 Å². The Morgan fingerprint density at radius 1 is 0.848 bits per heavy atom. The molecule has 172 valence electrons. The molecule has 0 aromatic heterocycles. The summed E-state index contributed by atoms with van der Waals surface area (Å²) in [5, 5.41) is 5.17. The van der Waals surface area contributed by atoms with Crippen molar-refractivity contribution in [2.75, 3.05) is 24.2 Å². The highest BCUT2D eigenvalue weighted by molar-refractivity contribution is 5.99. The lowest BCUT2D eigenvalue weighted by molar-refractivity contribution is -0.137. The fraction of sp³-hybridized carbons (Fsp3) is 0.200. The Hall–Kier alpha value is -3.65. The normalized spacial score (nSPS) is 12.3. The van der Waals surface area contributed by atoms with Gasteiger partial charge in [-0.15, -0.1) is 0 Å². The molecule has 3 aromatic carbocycles. The molecule has 0 aliphatic carbocycles. The number of likely N-dealkylation sites (N-methyl/N-ethyl adjacent to an activating group) is 1. The van der Waals surface area contributed by atoms with E-state index in [1.54, 1.807) is 20.0 Å². The number of carbonyl (C=O) groups excluding carboxylic acids is 2. The van der Waals surface area contributed by atoms with E-state index in [9.17, 15) is 22.8 Å². The number of carbonyl (C=O) groups is 2. The highest BCUT2D eigenvalue weighted by Gasteiger charge is 2.33. The molecule has 1 unspecified atom stereocenters. The summed E-state index contributed by atoms with van der Waals surface area (Å²) in [5.41, 5.74) is 1.17. The first-order valence-corrected chi connectivity index (χ1v) is 10.3. The van der Waals surface area contributed by atoms with Crippen LogP contribution in [0.3, 0.4) is 0 Å². The summed E-state index contributed by atoms with van der Waals surface area (Å²) in [7, 11) is 1.56. The van der Waals surface area contributed by atoms with Crippen LogP contribution in [0.2, 0.25) is 0 Å². The summed E-state index contributed by atoms with van der Waals surface area (Å²) in [6.07, 6.45) is -4.59. The molecule has 2 N–H and O–H groups in total. The fourth-order valence-corrected chi connectivity index (χ4v) is 3.29. The second-order valence-corrected chi connectivity index (χ2v) is 7.58. The van der Waals surface area contributed by atoms with Gasteiger partial charge in [0.15, 0.2) is 0 Å². The third kappa shape index (κ3) is 6.20. The topological polar surface area (TPSA) is 61.4 Å². The first-order chi connectivity index (χ1) is 15.7. The van der Waals surface area contributed by atoms with Gasteiger partial charge < -0.3 is 10.6 Å². The Kier molecular flexibility index (Phi) is 7.50. The van der Waals surface area contributed by atoms with Crippen molar-refractivity contribution < 1.29 is 22.8 Å². The highest BCUT2D eigenvalue weighted by Crippen LogP contribution is 2.34. The number of alkyl halides is 3. The van der Waals surface area contributed by atoms with Crippen LogP contribution in [0.4, 0.5) is 24.5 Å². The lowest BCUT2D eigenvalue weighted by Crippen LogP contribution is -2.43. The molecule has 0 aliphatic heterocycles. The minimum absolute atomic E-state index is 0.263. The van der Waals surface area contributed by atoms with E-state index in [0.29, 0.717) is 5.69 Å². The molecule has 0 heterocycles. The molecule has 2 amide bonds. The van der Waals surface area contributed by atoms with E-state index < -0.39 is 23.7 Å². The molecule has 5 nitrogen and oxygen atoms in total. The molecular formula is C25H24F3N3O2. The number of amides is 2. The second kappa shape index (κ2) is 10.3. The van der Waals surface area contributed by atoms with Crippen molar-refractivity contribution in [3.05, 3.63) is 84.4 Å². The van der Waals surface area contributed by atoms with Crippen molar-refractivity contribution in [2.45, 2.75) is 19.1 Å². The van der Waals surface area contributed by atoms with Crippen LogP contribution in [0.5, 0.6) is 0 Å². The van der Waals surface area contributed by atoms with Gasteiger partial charge in [-0.05, 0) is 37.7 Å². The fourth-order valence-electron chi connectivity index (χ4n) is 3.29. The number of benzene rings is 3. The van der Waals surface area contributed by atoms with Gasteiger partial charge in [-0.2, -0.15) is 13.2 Å². The van der Waals surface area contributed by atoms with Crippen molar-refractivity contribution in [3.63, 3.8) is 0 Å². The first-order valence-electron chi connectivity index (χ1n) is 10.3. The quantitative estimate of drug-likeness (QED) is 0.510. The van der Waals surface area contributed by atoms with Crippen molar-refractivity contribution in [2.24, 2.45) is 0 Å². The Labute approximate surface area is 190 Å². The summed E-state index contributed by atoms with van der Waals surface area (Å²) in [6.45, 7) is 1.36. The van der Waals surface area contributed by atoms with Crippen molar-refractivity contribution in [1.82, 2.24) is 4.90 Å². The maximum atomic E-state index is 13.1. The van der Waals surface area contributed by atoms with E-state index in [1.807, 2.05) is 48.5 Å². The minimum atomic E-state index is -4.59. The molecule has 0 saturated carbocycles. The molecule has 0 aliphatic rings. The van der Waals surface area contributed by atoms with Gasteiger partial charge in [-0.25, -0.2) is 0 Å². The SMILES string of the molecule is CC(C(=O)Nc1ccccc1-c1ccccc1)N(C)CC(=O)Nc1ccccc1C(F)(F)F. The van der Waals surface area contributed by atoms with E-state index >= 15 is 0 Å². The van der Waals surface area contributed by atoms with Crippen LogP contribution in [0, 0.1) is 0 Å². The number of rotatable bonds is 7. The molecule has 3 rings (SSSR count). The summed E-state index contributed by atoms with van der Waals surface area (Å²) in [5.74, 6) is -0.997. The monoisotopic (exact) mass is 455 g/mol. The summed E-state index contributed by atoms with van der Waals surface area (Å²) in [4.78, 5) is 26.7. The maximum Gasteiger partial charge on any atom is 0.418 e. The average Bonchev–Trinajstić information content (AvgIpc) is 2.79. The van der Waals surface area contributed by atoms with Crippen molar-refractivity contribution >= 4 is 23.2 Å². The summed E-state index contributed by atoms with van der Waals surface area (Å²) in [6, 6.07) is 21.0.